The highest BCUT2D eigenvalue weighted by Crippen LogP contribution is 2.73. The molecular formula is C28H29F3O5S. The molecule has 0 radical (unpaired) electrons. The van der Waals surface area contributed by atoms with E-state index in [4.69, 9.17) is 9.47 Å². The fourth-order valence-corrected chi connectivity index (χ4v) is 8.94. The zero-order valence-electron chi connectivity index (χ0n) is 20.5. The quantitative estimate of drug-likeness (QED) is 0.592. The molecule has 1 aromatic carbocycles. The Morgan fingerprint density at radius 2 is 1.92 bits per heavy atom. The molecule has 9 heteroatoms. The third-order valence-electron chi connectivity index (χ3n) is 9.93. The number of rotatable bonds is 3. The molecule has 5 aliphatic rings. The molecular weight excluding hydrogens is 505 g/mol. The molecule has 1 N–H and O–H groups in total. The molecule has 3 saturated carbocycles. The minimum Gasteiger partial charge on any atom is -0.390 e. The molecule has 1 aromatic rings. The maximum absolute atomic E-state index is 17.4. The molecule has 0 bridgehead atoms. The van der Waals surface area contributed by atoms with Gasteiger partial charge in [0.05, 0.1) is 12.2 Å². The van der Waals surface area contributed by atoms with Crippen LogP contribution in [0.1, 0.15) is 45.0 Å². The van der Waals surface area contributed by atoms with Crippen LogP contribution in [-0.4, -0.2) is 51.7 Å². The van der Waals surface area contributed by atoms with Crippen molar-refractivity contribution in [2.24, 2.45) is 22.7 Å². The van der Waals surface area contributed by atoms with Crippen LogP contribution < -0.4 is 0 Å². The van der Waals surface area contributed by atoms with Crippen molar-refractivity contribution in [3.05, 3.63) is 59.7 Å². The number of carbonyl (C=O) groups is 2. The van der Waals surface area contributed by atoms with Gasteiger partial charge in [0.15, 0.2) is 23.3 Å². The summed E-state index contributed by atoms with van der Waals surface area (Å²) in [5.41, 5.74) is -5.87. The molecule has 0 amide bonds. The van der Waals surface area contributed by atoms with Crippen LogP contribution >= 0.6 is 11.8 Å². The minimum atomic E-state index is -2.28. The molecule has 198 valence electrons. The first-order valence-electron chi connectivity index (χ1n) is 12.6. The molecule has 10 atom stereocenters. The van der Waals surface area contributed by atoms with E-state index in [1.54, 1.807) is 19.1 Å². The average molecular weight is 535 g/mol. The van der Waals surface area contributed by atoms with Gasteiger partial charge >= 0.3 is 0 Å². The van der Waals surface area contributed by atoms with E-state index < -0.39 is 75.5 Å². The first-order valence-corrected chi connectivity index (χ1v) is 13.6. The summed E-state index contributed by atoms with van der Waals surface area (Å²) >= 11 is 0.477. The third-order valence-corrected chi connectivity index (χ3v) is 10.6. The lowest BCUT2D eigenvalue weighted by Gasteiger charge is -2.63. The summed E-state index contributed by atoms with van der Waals surface area (Å²) in [5.74, 6) is -1.98. The van der Waals surface area contributed by atoms with E-state index in [1.807, 2.05) is 18.2 Å². The number of fused-ring (bicyclic) bond motifs is 7. The van der Waals surface area contributed by atoms with Crippen LogP contribution in [0.25, 0.3) is 0 Å². The van der Waals surface area contributed by atoms with E-state index in [0.717, 1.165) is 6.08 Å². The topological polar surface area (TPSA) is 72.8 Å². The van der Waals surface area contributed by atoms with Crippen molar-refractivity contribution in [2.45, 2.75) is 69.0 Å². The van der Waals surface area contributed by atoms with Crippen LogP contribution in [0.2, 0.25) is 0 Å². The Morgan fingerprint density at radius 1 is 1.19 bits per heavy atom. The second kappa shape index (κ2) is 8.28. The highest BCUT2D eigenvalue weighted by atomic mass is 32.2. The van der Waals surface area contributed by atoms with Crippen molar-refractivity contribution in [3.8, 4) is 0 Å². The van der Waals surface area contributed by atoms with Crippen molar-refractivity contribution in [3.63, 3.8) is 0 Å². The second-order valence-corrected chi connectivity index (χ2v) is 12.2. The van der Waals surface area contributed by atoms with Crippen molar-refractivity contribution in [1.29, 1.82) is 0 Å². The smallest absolute Gasteiger partial charge is 0.226 e. The number of ketones is 1. The average Bonchev–Trinajstić information content (AvgIpc) is 3.37. The van der Waals surface area contributed by atoms with Gasteiger partial charge in [0.25, 0.3) is 0 Å². The van der Waals surface area contributed by atoms with E-state index in [2.05, 4.69) is 0 Å². The fourth-order valence-electron chi connectivity index (χ4n) is 8.21. The molecule has 0 spiro atoms. The number of alkyl halides is 3. The molecule has 4 aliphatic carbocycles. The summed E-state index contributed by atoms with van der Waals surface area (Å²) < 4.78 is 59.2. The number of ether oxygens (including phenoxy) is 2. The van der Waals surface area contributed by atoms with Gasteiger partial charge in [-0.25, -0.2) is 13.2 Å². The van der Waals surface area contributed by atoms with Crippen molar-refractivity contribution < 1.29 is 37.3 Å². The summed E-state index contributed by atoms with van der Waals surface area (Å²) in [6.07, 6.45) is -1.34. The molecule has 4 fully saturated rings. The standard InChI is InChI=1S/C28H29F3O5S/c1-25-9-8-16(32)10-19(25)20(30)11-18-17-12-22-28(24(34)37-14-29,26(17,2)13-21(33)27(18,25)31)36-23(35-22)15-6-4-3-5-7-15/h3-10,17-18,20-23,33H,11-14H2,1-2H3/t17?,18?,20-,21?,22+,23?,25?,26?,27-,28?/m0/s1. The van der Waals surface area contributed by atoms with E-state index in [9.17, 15) is 19.1 Å². The number of hydrogen-bond acceptors (Lipinski definition) is 6. The highest BCUT2D eigenvalue weighted by Gasteiger charge is 2.80. The Hall–Kier alpha value is -1.94. The Bertz CT molecular complexity index is 1210. The molecule has 5 nitrogen and oxygen atoms in total. The van der Waals surface area contributed by atoms with Gasteiger partial charge in [-0.05, 0) is 49.8 Å². The van der Waals surface area contributed by atoms with Crippen LogP contribution in [0.4, 0.5) is 13.2 Å². The first kappa shape index (κ1) is 25.3. The zero-order valence-corrected chi connectivity index (χ0v) is 21.4. The van der Waals surface area contributed by atoms with Gasteiger partial charge in [-0.3, -0.25) is 9.59 Å². The number of aliphatic hydroxyl groups is 1. The van der Waals surface area contributed by atoms with Gasteiger partial charge in [-0.2, -0.15) is 0 Å². The summed E-state index contributed by atoms with van der Waals surface area (Å²) in [5, 5.41) is 11.0. The molecule has 1 saturated heterocycles. The summed E-state index contributed by atoms with van der Waals surface area (Å²) in [6.45, 7) is 3.29. The monoisotopic (exact) mass is 534 g/mol. The number of carbonyl (C=O) groups excluding carboxylic acids is 2. The molecule has 37 heavy (non-hydrogen) atoms. The van der Waals surface area contributed by atoms with Crippen LogP contribution in [0.15, 0.2) is 54.1 Å². The van der Waals surface area contributed by atoms with Crippen LogP contribution in [0, 0.1) is 22.7 Å². The lowest BCUT2D eigenvalue weighted by molar-refractivity contribution is -0.232. The normalized spacial score (nSPS) is 48.1. The van der Waals surface area contributed by atoms with Crippen molar-refractivity contribution in [1.82, 2.24) is 0 Å². The summed E-state index contributed by atoms with van der Waals surface area (Å²) in [4.78, 5) is 25.7. The van der Waals surface area contributed by atoms with E-state index in [-0.39, 0.29) is 24.8 Å². The van der Waals surface area contributed by atoms with Crippen LogP contribution in [-0.2, 0) is 19.1 Å². The van der Waals surface area contributed by atoms with Gasteiger partial charge in [0, 0.05) is 22.3 Å². The van der Waals surface area contributed by atoms with Crippen LogP contribution in [0.5, 0.6) is 0 Å². The number of aliphatic hydroxyl groups excluding tert-OH is 1. The van der Waals surface area contributed by atoms with Crippen molar-refractivity contribution >= 4 is 22.7 Å². The van der Waals surface area contributed by atoms with Crippen LogP contribution in [0.3, 0.4) is 0 Å². The van der Waals surface area contributed by atoms with E-state index in [0.29, 0.717) is 17.3 Å². The Labute approximate surface area is 217 Å². The number of allylic oxidation sites excluding steroid dienone is 4. The third kappa shape index (κ3) is 3.05. The largest absolute Gasteiger partial charge is 0.390 e. The van der Waals surface area contributed by atoms with Crippen molar-refractivity contribution in [2.75, 3.05) is 6.01 Å². The highest BCUT2D eigenvalue weighted by molar-refractivity contribution is 8.13. The predicted octanol–water partition coefficient (Wildman–Crippen LogP) is 4.95. The lowest BCUT2D eigenvalue weighted by Crippen LogP contribution is -2.70. The molecule has 1 aliphatic heterocycles. The zero-order chi connectivity index (χ0) is 26.4. The number of thioether (sulfide) groups is 1. The maximum atomic E-state index is 17.4. The molecule has 6 rings (SSSR count). The number of halogens is 3. The van der Waals surface area contributed by atoms with Gasteiger partial charge in [0.2, 0.25) is 5.12 Å². The SMILES string of the molecule is CC12CC(O)[C@@]3(F)C(C[C@H](F)C4=CC(=O)C=CC43C)C1C[C@H]1OC(c3ccccc3)OC12C(=O)SCF. The maximum Gasteiger partial charge on any atom is 0.226 e. The van der Waals surface area contributed by atoms with Gasteiger partial charge in [-0.15, -0.1) is 0 Å². The first-order chi connectivity index (χ1) is 17.5. The lowest BCUT2D eigenvalue weighted by atomic mass is 9.44. The van der Waals surface area contributed by atoms with E-state index in [1.165, 1.54) is 19.1 Å². The fraction of sp³-hybridized carbons (Fsp3) is 0.571. The Balaban J connectivity index is 1.45. The Kier molecular flexibility index (Phi) is 5.67. The van der Waals surface area contributed by atoms with Gasteiger partial charge < -0.3 is 14.6 Å². The minimum absolute atomic E-state index is 0.0370. The Morgan fingerprint density at radius 3 is 2.62 bits per heavy atom. The molecule has 0 aromatic heterocycles. The van der Waals surface area contributed by atoms with Gasteiger partial charge in [0.1, 0.15) is 12.2 Å². The molecule has 1 heterocycles. The second-order valence-electron chi connectivity index (χ2n) is 11.4. The predicted molar refractivity (Wildman–Crippen MR) is 130 cm³/mol. The molecule has 7 unspecified atom stereocenters. The van der Waals surface area contributed by atoms with Gasteiger partial charge in [-0.1, -0.05) is 55.1 Å². The summed E-state index contributed by atoms with van der Waals surface area (Å²) in [7, 11) is 0. The number of hydrogen-bond donors (Lipinski definition) is 1. The van der Waals surface area contributed by atoms with E-state index >= 15 is 8.78 Å². The number of benzene rings is 1. The summed E-state index contributed by atoms with van der Waals surface area (Å²) in [6, 6.07) is 8.09.